The van der Waals surface area contributed by atoms with E-state index in [1.165, 1.54) is 0 Å². The maximum atomic E-state index is 11.7. The lowest BCUT2D eigenvalue weighted by molar-refractivity contribution is 0.230. The van der Waals surface area contributed by atoms with E-state index in [0.717, 1.165) is 17.7 Å². The first-order valence-corrected chi connectivity index (χ1v) is 6.20. The first kappa shape index (κ1) is 14.4. The Balaban J connectivity index is 2.69. The monoisotopic (exact) mass is 250 g/mol. The van der Waals surface area contributed by atoms with E-state index in [2.05, 4.69) is 10.6 Å². The predicted molar refractivity (Wildman–Crippen MR) is 72.8 cm³/mol. The molecule has 4 heteroatoms. The molecule has 1 rings (SSSR count). The second-order valence-corrected chi connectivity index (χ2v) is 4.73. The Kier molecular flexibility index (Phi) is 5.01. The summed E-state index contributed by atoms with van der Waals surface area (Å²) in [5, 5.41) is 5.76. The van der Waals surface area contributed by atoms with Crippen molar-refractivity contribution >= 4 is 6.03 Å². The van der Waals surface area contributed by atoms with E-state index in [1.54, 1.807) is 7.11 Å². The van der Waals surface area contributed by atoms with Crippen LogP contribution in [0.1, 0.15) is 32.8 Å². The highest BCUT2D eigenvalue weighted by atomic mass is 16.5. The minimum absolute atomic E-state index is 0.141. The second-order valence-electron chi connectivity index (χ2n) is 4.73. The molecule has 1 aromatic rings. The Bertz CT molecular complexity index is 385. The Morgan fingerprint density at radius 1 is 1.28 bits per heavy atom. The molecule has 0 atom stereocenters. The van der Waals surface area contributed by atoms with Crippen molar-refractivity contribution in [2.75, 3.05) is 13.7 Å². The lowest BCUT2D eigenvalue weighted by Gasteiger charge is -2.27. The third kappa shape index (κ3) is 3.95. The van der Waals surface area contributed by atoms with E-state index < -0.39 is 5.54 Å². The van der Waals surface area contributed by atoms with E-state index in [4.69, 9.17) is 4.74 Å². The number of ether oxygens (including phenoxy) is 1. The summed E-state index contributed by atoms with van der Waals surface area (Å²) in [7, 11) is 1.64. The largest absolute Gasteiger partial charge is 0.497 e. The SMILES string of the molecule is CCCNC(=O)NC(C)(C)c1ccc(OC)cc1. The van der Waals surface area contributed by atoms with E-state index in [0.29, 0.717) is 6.54 Å². The lowest BCUT2D eigenvalue weighted by atomic mass is 9.94. The van der Waals surface area contributed by atoms with Gasteiger partial charge in [-0.15, -0.1) is 0 Å². The second kappa shape index (κ2) is 6.28. The van der Waals surface area contributed by atoms with Crippen LogP contribution in [-0.4, -0.2) is 19.7 Å². The number of carbonyl (C=O) groups is 1. The van der Waals surface area contributed by atoms with Crippen molar-refractivity contribution < 1.29 is 9.53 Å². The van der Waals surface area contributed by atoms with Crippen LogP contribution in [0.2, 0.25) is 0 Å². The molecule has 18 heavy (non-hydrogen) atoms. The Morgan fingerprint density at radius 3 is 2.39 bits per heavy atom. The summed E-state index contributed by atoms with van der Waals surface area (Å²) in [4.78, 5) is 11.7. The molecule has 0 unspecified atom stereocenters. The lowest BCUT2D eigenvalue weighted by Crippen LogP contribution is -2.46. The predicted octanol–water partition coefficient (Wildman–Crippen LogP) is 2.64. The van der Waals surface area contributed by atoms with Gasteiger partial charge in [0.05, 0.1) is 12.6 Å². The molecule has 4 nitrogen and oxygen atoms in total. The number of methoxy groups -OCH3 is 1. The highest BCUT2D eigenvalue weighted by Gasteiger charge is 2.22. The smallest absolute Gasteiger partial charge is 0.315 e. The number of hydrogen-bond donors (Lipinski definition) is 2. The summed E-state index contributed by atoms with van der Waals surface area (Å²) in [6.45, 7) is 6.65. The van der Waals surface area contributed by atoms with Gasteiger partial charge >= 0.3 is 6.03 Å². The van der Waals surface area contributed by atoms with Gasteiger partial charge in [0, 0.05) is 6.54 Å². The van der Waals surface area contributed by atoms with E-state index in [1.807, 2.05) is 45.0 Å². The number of urea groups is 1. The number of amides is 2. The summed E-state index contributed by atoms with van der Waals surface area (Å²) in [5.41, 5.74) is 0.624. The summed E-state index contributed by atoms with van der Waals surface area (Å²) in [6, 6.07) is 7.56. The molecule has 0 radical (unpaired) electrons. The van der Waals surface area contributed by atoms with Gasteiger partial charge in [0.2, 0.25) is 0 Å². The first-order chi connectivity index (χ1) is 8.49. The van der Waals surface area contributed by atoms with Gasteiger partial charge in [0.15, 0.2) is 0 Å². The average molecular weight is 250 g/mol. The molecule has 0 saturated carbocycles. The Labute approximate surface area is 109 Å². The van der Waals surface area contributed by atoms with Crippen molar-refractivity contribution in [1.82, 2.24) is 10.6 Å². The number of carbonyl (C=O) groups excluding carboxylic acids is 1. The van der Waals surface area contributed by atoms with Crippen molar-refractivity contribution in [3.8, 4) is 5.75 Å². The van der Waals surface area contributed by atoms with Gasteiger partial charge in [-0.05, 0) is 38.0 Å². The van der Waals surface area contributed by atoms with Crippen LogP contribution in [0.4, 0.5) is 4.79 Å². The fraction of sp³-hybridized carbons (Fsp3) is 0.500. The molecule has 0 heterocycles. The van der Waals surface area contributed by atoms with Crippen LogP contribution in [-0.2, 0) is 5.54 Å². The summed E-state index contributed by atoms with van der Waals surface area (Å²) >= 11 is 0. The molecule has 0 aliphatic heterocycles. The molecule has 2 amide bonds. The summed E-state index contributed by atoms with van der Waals surface area (Å²) in [5.74, 6) is 0.810. The quantitative estimate of drug-likeness (QED) is 0.844. The van der Waals surface area contributed by atoms with Crippen LogP contribution in [0.15, 0.2) is 24.3 Å². The number of nitrogens with one attached hydrogen (secondary N) is 2. The van der Waals surface area contributed by atoms with Crippen LogP contribution < -0.4 is 15.4 Å². The molecule has 0 aliphatic carbocycles. The van der Waals surface area contributed by atoms with Gasteiger partial charge in [0.1, 0.15) is 5.75 Å². The average Bonchev–Trinajstić information content (AvgIpc) is 2.36. The van der Waals surface area contributed by atoms with Gasteiger partial charge in [-0.25, -0.2) is 4.79 Å². The number of rotatable bonds is 5. The normalized spacial score (nSPS) is 10.9. The van der Waals surface area contributed by atoms with Gasteiger partial charge in [-0.3, -0.25) is 0 Å². The van der Waals surface area contributed by atoms with Crippen molar-refractivity contribution in [3.63, 3.8) is 0 Å². The van der Waals surface area contributed by atoms with Crippen LogP contribution in [0, 0.1) is 0 Å². The third-order valence-electron chi connectivity index (χ3n) is 2.77. The molecule has 0 aromatic heterocycles. The molecule has 0 bridgehead atoms. The summed E-state index contributed by atoms with van der Waals surface area (Å²) in [6.07, 6.45) is 0.927. The van der Waals surface area contributed by atoms with Crippen LogP contribution in [0.25, 0.3) is 0 Å². The zero-order valence-electron chi connectivity index (χ0n) is 11.5. The Hall–Kier alpha value is -1.71. The third-order valence-corrected chi connectivity index (χ3v) is 2.77. The molecular weight excluding hydrogens is 228 g/mol. The maximum Gasteiger partial charge on any atom is 0.315 e. The number of hydrogen-bond acceptors (Lipinski definition) is 2. The van der Waals surface area contributed by atoms with E-state index in [9.17, 15) is 4.79 Å². The highest BCUT2D eigenvalue weighted by Crippen LogP contribution is 2.22. The minimum atomic E-state index is -0.413. The minimum Gasteiger partial charge on any atom is -0.497 e. The maximum absolute atomic E-state index is 11.7. The molecule has 100 valence electrons. The topological polar surface area (TPSA) is 50.4 Å². The fourth-order valence-electron chi connectivity index (χ4n) is 1.65. The van der Waals surface area contributed by atoms with Crippen molar-refractivity contribution in [2.24, 2.45) is 0 Å². The van der Waals surface area contributed by atoms with Crippen molar-refractivity contribution in [3.05, 3.63) is 29.8 Å². The first-order valence-electron chi connectivity index (χ1n) is 6.20. The molecule has 2 N–H and O–H groups in total. The van der Waals surface area contributed by atoms with Gasteiger partial charge in [-0.2, -0.15) is 0 Å². The molecule has 1 aromatic carbocycles. The molecule has 0 fully saturated rings. The fourth-order valence-corrected chi connectivity index (χ4v) is 1.65. The molecule has 0 aliphatic rings. The Morgan fingerprint density at radius 2 is 1.89 bits per heavy atom. The van der Waals surface area contributed by atoms with Gasteiger partial charge in [0.25, 0.3) is 0 Å². The summed E-state index contributed by atoms with van der Waals surface area (Å²) < 4.78 is 5.12. The zero-order chi connectivity index (χ0) is 13.6. The van der Waals surface area contributed by atoms with Crippen LogP contribution >= 0.6 is 0 Å². The number of benzene rings is 1. The van der Waals surface area contributed by atoms with Crippen LogP contribution in [0.3, 0.4) is 0 Å². The van der Waals surface area contributed by atoms with Gasteiger partial charge in [-0.1, -0.05) is 19.1 Å². The van der Waals surface area contributed by atoms with Crippen LogP contribution in [0.5, 0.6) is 5.75 Å². The van der Waals surface area contributed by atoms with E-state index >= 15 is 0 Å². The molecular formula is C14H22N2O2. The van der Waals surface area contributed by atoms with E-state index in [-0.39, 0.29) is 6.03 Å². The van der Waals surface area contributed by atoms with Crippen molar-refractivity contribution in [1.29, 1.82) is 0 Å². The van der Waals surface area contributed by atoms with Crippen molar-refractivity contribution in [2.45, 2.75) is 32.7 Å². The zero-order valence-corrected chi connectivity index (χ0v) is 11.5. The molecule has 0 spiro atoms. The standard InChI is InChI=1S/C14H22N2O2/c1-5-10-15-13(17)16-14(2,3)11-6-8-12(18-4)9-7-11/h6-9H,5,10H2,1-4H3,(H2,15,16,17). The van der Waals surface area contributed by atoms with Gasteiger partial charge < -0.3 is 15.4 Å². The molecule has 0 saturated heterocycles. The highest BCUT2D eigenvalue weighted by molar-refractivity contribution is 5.74.